The van der Waals surface area contributed by atoms with Crippen LogP contribution in [-0.4, -0.2) is 31.8 Å². The van der Waals surface area contributed by atoms with Crippen molar-refractivity contribution in [3.8, 4) is 0 Å². The summed E-state index contributed by atoms with van der Waals surface area (Å²) in [4.78, 5) is 23.5. The van der Waals surface area contributed by atoms with Crippen LogP contribution in [0.25, 0.3) is 0 Å². The second-order valence-electron chi connectivity index (χ2n) is 7.18. The summed E-state index contributed by atoms with van der Waals surface area (Å²) < 4.78 is 4.96. The average molecular weight is 411 g/mol. The fraction of sp³-hybridized carbons (Fsp3) is 0.304. The molecule has 7 heteroatoms. The normalized spacial score (nSPS) is 10.6. The molecule has 0 atom stereocenters. The first kappa shape index (κ1) is 22.8. The summed E-state index contributed by atoms with van der Waals surface area (Å²) in [7, 11) is 0. The van der Waals surface area contributed by atoms with Gasteiger partial charge < -0.3 is 26.0 Å². The van der Waals surface area contributed by atoms with Crippen molar-refractivity contribution in [1.82, 2.24) is 10.6 Å². The Balaban J connectivity index is 1.99. The first-order valence-electron chi connectivity index (χ1n) is 9.90. The minimum absolute atomic E-state index is 0.218. The zero-order chi connectivity index (χ0) is 22.0. The molecule has 4 amide bonds. The van der Waals surface area contributed by atoms with Gasteiger partial charge in [-0.3, -0.25) is 0 Å². The van der Waals surface area contributed by atoms with Crippen LogP contribution in [0.5, 0.6) is 0 Å². The number of hydrogen-bond donors (Lipinski definition) is 4. The lowest BCUT2D eigenvalue weighted by molar-refractivity contribution is 0.234. The van der Waals surface area contributed by atoms with Crippen LogP contribution >= 0.6 is 0 Å². The van der Waals surface area contributed by atoms with Crippen LogP contribution in [0.4, 0.5) is 21.0 Å². The monoisotopic (exact) mass is 410 g/mol. The summed E-state index contributed by atoms with van der Waals surface area (Å²) in [5.41, 5.74) is 3.43. The van der Waals surface area contributed by atoms with Gasteiger partial charge in [0, 0.05) is 23.3 Å². The van der Waals surface area contributed by atoms with Crippen molar-refractivity contribution in [3.63, 3.8) is 0 Å². The van der Waals surface area contributed by atoms with Crippen LogP contribution in [0.3, 0.4) is 0 Å². The smallest absolute Gasteiger partial charge is 0.319 e. The Morgan fingerprint density at radius 2 is 1.37 bits per heavy atom. The molecule has 160 valence electrons. The minimum Gasteiger partial charge on any atom is -0.500 e. The van der Waals surface area contributed by atoms with Crippen molar-refractivity contribution in [1.29, 1.82) is 0 Å². The lowest BCUT2D eigenvalue weighted by Gasteiger charge is -2.26. The van der Waals surface area contributed by atoms with E-state index in [0.29, 0.717) is 25.4 Å². The molecule has 0 aromatic heterocycles. The number of amides is 4. The number of carbonyl (C=O) groups excluding carboxylic acids is 2. The van der Waals surface area contributed by atoms with Crippen LogP contribution in [0, 0.1) is 0 Å². The quantitative estimate of drug-likeness (QED) is 0.364. The molecule has 7 nitrogen and oxygen atoms in total. The van der Waals surface area contributed by atoms with Crippen molar-refractivity contribution in [3.05, 3.63) is 72.5 Å². The Morgan fingerprint density at radius 1 is 0.900 bits per heavy atom. The zero-order valence-electron chi connectivity index (χ0n) is 17.7. The van der Waals surface area contributed by atoms with Gasteiger partial charge in [0.25, 0.3) is 0 Å². The Hall–Kier alpha value is -3.48. The molecule has 0 saturated carbocycles. The van der Waals surface area contributed by atoms with Gasteiger partial charge in [-0.1, -0.05) is 44.7 Å². The lowest BCUT2D eigenvalue weighted by atomic mass is 9.78. The summed E-state index contributed by atoms with van der Waals surface area (Å²) in [5, 5.41) is 11.0. The van der Waals surface area contributed by atoms with E-state index in [-0.39, 0.29) is 17.5 Å². The van der Waals surface area contributed by atoms with Crippen molar-refractivity contribution >= 4 is 23.4 Å². The summed E-state index contributed by atoms with van der Waals surface area (Å²) in [6, 6.07) is 15.0. The van der Waals surface area contributed by atoms with Crippen molar-refractivity contribution in [2.45, 2.75) is 26.2 Å². The molecule has 0 radical (unpaired) electrons. The van der Waals surface area contributed by atoms with Crippen LogP contribution in [0.2, 0.25) is 0 Å². The SMILES string of the molecule is C=COCCNC(=O)Nc1ccc(C(C)(C)c2ccc(NC(=O)NCC)cc2)cc1. The number of nitrogens with one attached hydrogen (secondary N) is 4. The van der Waals surface area contributed by atoms with Gasteiger partial charge in [-0.15, -0.1) is 0 Å². The summed E-state index contributed by atoms with van der Waals surface area (Å²) in [5.74, 6) is 0. The van der Waals surface area contributed by atoms with Crippen LogP contribution in [0.15, 0.2) is 61.4 Å². The van der Waals surface area contributed by atoms with Gasteiger partial charge in [-0.05, 0) is 42.3 Å². The minimum atomic E-state index is -0.287. The number of rotatable bonds is 9. The molecule has 0 aliphatic rings. The molecule has 2 aromatic carbocycles. The van der Waals surface area contributed by atoms with E-state index in [2.05, 4.69) is 41.7 Å². The number of ether oxygens (including phenoxy) is 1. The maximum absolute atomic E-state index is 11.9. The highest BCUT2D eigenvalue weighted by molar-refractivity contribution is 5.89. The van der Waals surface area contributed by atoms with Gasteiger partial charge in [0.15, 0.2) is 0 Å². The van der Waals surface area contributed by atoms with Gasteiger partial charge in [0.2, 0.25) is 0 Å². The number of carbonyl (C=O) groups is 2. The predicted molar refractivity (Wildman–Crippen MR) is 121 cm³/mol. The molecule has 2 rings (SSSR count). The molecule has 4 N–H and O–H groups in total. The van der Waals surface area contributed by atoms with E-state index in [1.165, 1.54) is 6.26 Å². The number of urea groups is 2. The topological polar surface area (TPSA) is 91.5 Å². The van der Waals surface area contributed by atoms with Gasteiger partial charge in [0.1, 0.15) is 6.61 Å². The third-order valence-corrected chi connectivity index (χ3v) is 4.69. The first-order valence-corrected chi connectivity index (χ1v) is 9.90. The Kier molecular flexibility index (Phi) is 8.29. The van der Waals surface area contributed by atoms with Crippen molar-refractivity contribution in [2.75, 3.05) is 30.3 Å². The zero-order valence-corrected chi connectivity index (χ0v) is 17.7. The fourth-order valence-electron chi connectivity index (χ4n) is 2.93. The second kappa shape index (κ2) is 10.9. The third kappa shape index (κ3) is 6.55. The van der Waals surface area contributed by atoms with E-state index >= 15 is 0 Å². The highest BCUT2D eigenvalue weighted by atomic mass is 16.5. The first-order chi connectivity index (χ1) is 14.4. The van der Waals surface area contributed by atoms with Crippen LogP contribution < -0.4 is 21.3 Å². The Bertz CT molecular complexity index is 846. The molecule has 0 saturated heterocycles. The summed E-state index contributed by atoms with van der Waals surface area (Å²) in [6.07, 6.45) is 1.34. The summed E-state index contributed by atoms with van der Waals surface area (Å²) in [6.45, 7) is 10.9. The van der Waals surface area contributed by atoms with Crippen molar-refractivity contribution < 1.29 is 14.3 Å². The Morgan fingerprint density at radius 3 is 1.80 bits per heavy atom. The third-order valence-electron chi connectivity index (χ3n) is 4.69. The number of benzene rings is 2. The van der Waals surface area contributed by atoms with Gasteiger partial charge in [-0.25, -0.2) is 9.59 Å². The molecule has 0 heterocycles. The van der Waals surface area contributed by atoms with E-state index in [0.717, 1.165) is 16.8 Å². The molecular weight excluding hydrogens is 380 g/mol. The van der Waals surface area contributed by atoms with Gasteiger partial charge in [-0.2, -0.15) is 0 Å². The largest absolute Gasteiger partial charge is 0.500 e. The fourth-order valence-corrected chi connectivity index (χ4v) is 2.93. The molecule has 0 unspecified atom stereocenters. The number of anilines is 2. The molecule has 0 spiro atoms. The molecule has 0 bridgehead atoms. The van der Waals surface area contributed by atoms with Crippen LogP contribution in [0.1, 0.15) is 31.9 Å². The standard InChI is InChI=1S/C23H30N4O3/c1-5-24-21(28)26-19-11-7-17(8-12-19)23(3,4)18-9-13-20(14-10-18)27-22(29)25-15-16-30-6-2/h6-14H,2,5,15-16H2,1,3-4H3,(H2,24,26,28)(H2,25,27,29). The highest BCUT2D eigenvalue weighted by Crippen LogP contribution is 2.32. The predicted octanol–water partition coefficient (Wildman–Crippen LogP) is 4.44. The molecule has 0 aliphatic carbocycles. The molecule has 0 aliphatic heterocycles. The van der Waals surface area contributed by atoms with Gasteiger partial charge >= 0.3 is 12.1 Å². The van der Waals surface area contributed by atoms with E-state index in [4.69, 9.17) is 4.74 Å². The molecule has 0 fully saturated rings. The Labute approximate surface area is 177 Å². The van der Waals surface area contributed by atoms with E-state index in [1.807, 2.05) is 55.5 Å². The van der Waals surface area contributed by atoms with Crippen molar-refractivity contribution in [2.24, 2.45) is 0 Å². The van der Waals surface area contributed by atoms with Gasteiger partial charge in [0.05, 0.1) is 12.8 Å². The highest BCUT2D eigenvalue weighted by Gasteiger charge is 2.23. The molecular formula is C23H30N4O3. The maximum Gasteiger partial charge on any atom is 0.319 e. The maximum atomic E-state index is 11.9. The second-order valence-corrected chi connectivity index (χ2v) is 7.18. The number of hydrogen-bond acceptors (Lipinski definition) is 3. The average Bonchev–Trinajstić information content (AvgIpc) is 2.72. The van der Waals surface area contributed by atoms with E-state index in [9.17, 15) is 9.59 Å². The molecule has 2 aromatic rings. The van der Waals surface area contributed by atoms with E-state index < -0.39 is 0 Å². The molecule has 30 heavy (non-hydrogen) atoms. The lowest BCUT2D eigenvalue weighted by Crippen LogP contribution is -2.31. The van der Waals surface area contributed by atoms with E-state index in [1.54, 1.807) is 0 Å². The van der Waals surface area contributed by atoms with Crippen LogP contribution in [-0.2, 0) is 10.2 Å². The summed E-state index contributed by atoms with van der Waals surface area (Å²) >= 11 is 0.